The fourth-order valence-electron chi connectivity index (χ4n) is 2.80. The molecule has 1 heterocycles. The molecule has 0 aromatic carbocycles. The Balaban J connectivity index is 1.94. The van der Waals surface area contributed by atoms with Gasteiger partial charge in [-0.05, 0) is 18.8 Å². The van der Waals surface area contributed by atoms with Crippen LogP contribution in [0.2, 0.25) is 0 Å². The lowest BCUT2D eigenvalue weighted by Gasteiger charge is -2.17. The Bertz CT molecular complexity index is 220. The summed E-state index contributed by atoms with van der Waals surface area (Å²) in [6.07, 6.45) is 7.20. The molecule has 0 radical (unpaired) electrons. The van der Waals surface area contributed by atoms with Crippen LogP contribution in [-0.2, 0) is 4.74 Å². The van der Waals surface area contributed by atoms with E-state index in [0.29, 0.717) is 12.0 Å². The molecule has 2 heteroatoms. The molecule has 0 aromatic heterocycles. The van der Waals surface area contributed by atoms with E-state index < -0.39 is 0 Å². The van der Waals surface area contributed by atoms with E-state index in [1.807, 2.05) is 0 Å². The first-order chi connectivity index (χ1) is 5.37. The summed E-state index contributed by atoms with van der Waals surface area (Å²) in [6.45, 7) is 0.211. The predicted octanol–water partition coefficient (Wildman–Crippen LogP) is 0.712. The SMILES string of the molecule is OC[C@]12O[C@H]1C[C@@H]1CC=C[C@@H]12. The van der Waals surface area contributed by atoms with Crippen LogP contribution in [0.15, 0.2) is 12.2 Å². The molecule has 4 atom stereocenters. The summed E-state index contributed by atoms with van der Waals surface area (Å²) in [7, 11) is 0. The average molecular weight is 152 g/mol. The van der Waals surface area contributed by atoms with E-state index in [1.54, 1.807) is 0 Å². The van der Waals surface area contributed by atoms with Crippen molar-refractivity contribution in [2.24, 2.45) is 11.8 Å². The lowest BCUT2D eigenvalue weighted by Crippen LogP contribution is -2.26. The van der Waals surface area contributed by atoms with Gasteiger partial charge in [-0.15, -0.1) is 0 Å². The van der Waals surface area contributed by atoms with Crippen molar-refractivity contribution in [3.8, 4) is 0 Å². The van der Waals surface area contributed by atoms with E-state index in [1.165, 1.54) is 6.42 Å². The van der Waals surface area contributed by atoms with E-state index in [4.69, 9.17) is 9.84 Å². The number of epoxide rings is 1. The smallest absolute Gasteiger partial charge is 0.124 e. The third-order valence-electron chi connectivity index (χ3n) is 3.47. The predicted molar refractivity (Wildman–Crippen MR) is 40.0 cm³/mol. The molecule has 0 amide bonds. The van der Waals surface area contributed by atoms with E-state index in [0.717, 1.165) is 12.3 Å². The highest BCUT2D eigenvalue weighted by Gasteiger charge is 2.68. The molecule has 0 spiro atoms. The molecule has 2 aliphatic carbocycles. The maximum absolute atomic E-state index is 9.16. The molecule has 3 aliphatic rings. The summed E-state index contributed by atoms with van der Waals surface area (Å²) in [5, 5.41) is 9.16. The van der Waals surface area contributed by atoms with Crippen molar-refractivity contribution in [3.63, 3.8) is 0 Å². The van der Waals surface area contributed by atoms with Gasteiger partial charge in [0.05, 0.1) is 12.7 Å². The van der Waals surface area contributed by atoms with E-state index >= 15 is 0 Å². The first kappa shape index (κ1) is 6.21. The van der Waals surface area contributed by atoms with Gasteiger partial charge in [0.15, 0.2) is 0 Å². The molecule has 0 unspecified atom stereocenters. The number of allylic oxidation sites excluding steroid dienone is 1. The Kier molecular flexibility index (Phi) is 0.958. The van der Waals surface area contributed by atoms with Crippen molar-refractivity contribution < 1.29 is 9.84 Å². The third kappa shape index (κ3) is 0.565. The molecule has 3 rings (SSSR count). The molecular formula is C9H12O2. The van der Waals surface area contributed by atoms with Crippen molar-refractivity contribution in [3.05, 3.63) is 12.2 Å². The van der Waals surface area contributed by atoms with Crippen molar-refractivity contribution >= 4 is 0 Å². The van der Waals surface area contributed by atoms with Crippen LogP contribution in [0.4, 0.5) is 0 Å². The maximum atomic E-state index is 9.16. The normalized spacial score (nSPS) is 57.7. The van der Waals surface area contributed by atoms with Crippen molar-refractivity contribution in [2.45, 2.75) is 24.5 Å². The zero-order valence-corrected chi connectivity index (χ0v) is 6.36. The number of aliphatic hydroxyl groups excluding tert-OH is 1. The summed E-state index contributed by atoms with van der Waals surface area (Å²) in [4.78, 5) is 0. The summed E-state index contributed by atoms with van der Waals surface area (Å²) in [5.41, 5.74) is -0.127. The van der Waals surface area contributed by atoms with Gasteiger partial charge in [0.25, 0.3) is 0 Å². The second kappa shape index (κ2) is 1.70. The van der Waals surface area contributed by atoms with Gasteiger partial charge in [0, 0.05) is 5.92 Å². The lowest BCUT2D eigenvalue weighted by molar-refractivity contribution is 0.110. The molecule has 2 nitrogen and oxygen atoms in total. The quantitative estimate of drug-likeness (QED) is 0.443. The maximum Gasteiger partial charge on any atom is 0.124 e. The average Bonchev–Trinajstić information content (AvgIpc) is 2.44. The van der Waals surface area contributed by atoms with Gasteiger partial charge in [-0.1, -0.05) is 12.2 Å². The first-order valence-electron chi connectivity index (χ1n) is 4.32. The van der Waals surface area contributed by atoms with Crippen LogP contribution in [0.5, 0.6) is 0 Å². The molecule has 2 fully saturated rings. The fraction of sp³-hybridized carbons (Fsp3) is 0.778. The highest BCUT2D eigenvalue weighted by Crippen LogP contribution is 2.59. The minimum Gasteiger partial charge on any atom is -0.393 e. The lowest BCUT2D eigenvalue weighted by atomic mass is 9.91. The zero-order chi connectivity index (χ0) is 7.47. The number of rotatable bonds is 1. The van der Waals surface area contributed by atoms with Crippen LogP contribution in [0.1, 0.15) is 12.8 Å². The largest absolute Gasteiger partial charge is 0.393 e. The Hall–Kier alpha value is -0.340. The first-order valence-corrected chi connectivity index (χ1v) is 4.32. The summed E-state index contributed by atoms with van der Waals surface area (Å²) < 4.78 is 5.50. The molecule has 1 saturated carbocycles. The van der Waals surface area contributed by atoms with Gasteiger partial charge in [0.1, 0.15) is 5.60 Å². The number of aliphatic hydroxyl groups is 1. The van der Waals surface area contributed by atoms with Crippen LogP contribution in [0.3, 0.4) is 0 Å². The molecule has 1 aliphatic heterocycles. The van der Waals surface area contributed by atoms with Crippen LogP contribution in [-0.4, -0.2) is 23.4 Å². The minimum absolute atomic E-state index is 0.127. The second-order valence-electron chi connectivity index (χ2n) is 3.90. The highest BCUT2D eigenvalue weighted by molar-refractivity contribution is 5.24. The summed E-state index contributed by atoms with van der Waals surface area (Å²) in [6, 6.07) is 0. The van der Waals surface area contributed by atoms with Crippen LogP contribution < -0.4 is 0 Å². The van der Waals surface area contributed by atoms with Gasteiger partial charge < -0.3 is 9.84 Å². The zero-order valence-electron chi connectivity index (χ0n) is 6.36. The highest BCUT2D eigenvalue weighted by atomic mass is 16.6. The molecule has 1 N–H and O–H groups in total. The summed E-state index contributed by atoms with van der Waals surface area (Å²) >= 11 is 0. The van der Waals surface area contributed by atoms with Gasteiger partial charge in [-0.3, -0.25) is 0 Å². The van der Waals surface area contributed by atoms with Crippen molar-refractivity contribution in [1.82, 2.24) is 0 Å². The van der Waals surface area contributed by atoms with Crippen LogP contribution in [0.25, 0.3) is 0 Å². The number of ether oxygens (including phenoxy) is 1. The van der Waals surface area contributed by atoms with Crippen molar-refractivity contribution in [1.29, 1.82) is 0 Å². The van der Waals surface area contributed by atoms with E-state index in [2.05, 4.69) is 12.2 Å². The van der Waals surface area contributed by atoms with Crippen molar-refractivity contribution in [2.75, 3.05) is 6.61 Å². The fourth-order valence-corrected chi connectivity index (χ4v) is 2.80. The van der Waals surface area contributed by atoms with Gasteiger partial charge in [-0.25, -0.2) is 0 Å². The molecule has 60 valence electrons. The second-order valence-corrected chi connectivity index (χ2v) is 3.90. The molecule has 1 saturated heterocycles. The van der Waals surface area contributed by atoms with E-state index in [-0.39, 0.29) is 12.2 Å². The van der Waals surface area contributed by atoms with Crippen LogP contribution in [0, 0.1) is 11.8 Å². The Morgan fingerprint density at radius 3 is 3.36 bits per heavy atom. The molecule has 0 aromatic rings. The Labute approximate surface area is 65.9 Å². The van der Waals surface area contributed by atoms with Gasteiger partial charge in [-0.2, -0.15) is 0 Å². The molecule has 0 bridgehead atoms. The third-order valence-corrected chi connectivity index (χ3v) is 3.47. The summed E-state index contributed by atoms with van der Waals surface area (Å²) in [5.74, 6) is 1.30. The standard InChI is InChI=1S/C9H12O2/c10-5-9-7-3-1-2-6(7)4-8(9)11-9/h1,3,6-8,10H,2,4-5H2/t6-,7-,8-,9+/m0/s1. The topological polar surface area (TPSA) is 32.8 Å². The van der Waals surface area contributed by atoms with Crippen LogP contribution >= 0.6 is 0 Å². The van der Waals surface area contributed by atoms with Gasteiger partial charge in [0.2, 0.25) is 0 Å². The monoisotopic (exact) mass is 152 g/mol. The van der Waals surface area contributed by atoms with Gasteiger partial charge >= 0.3 is 0 Å². The number of hydrogen-bond acceptors (Lipinski definition) is 2. The Morgan fingerprint density at radius 2 is 2.55 bits per heavy atom. The Morgan fingerprint density at radius 1 is 1.64 bits per heavy atom. The number of fused-ring (bicyclic) bond motifs is 3. The number of hydrogen-bond donors (Lipinski definition) is 1. The molecule has 11 heavy (non-hydrogen) atoms. The molecular weight excluding hydrogens is 140 g/mol. The van der Waals surface area contributed by atoms with E-state index in [9.17, 15) is 0 Å². The minimum atomic E-state index is -0.127.